The molecule has 7 nitrogen and oxygen atoms in total. The molecule has 0 radical (unpaired) electrons. The van der Waals surface area contributed by atoms with Gasteiger partial charge in [0.15, 0.2) is 0 Å². The van der Waals surface area contributed by atoms with Gasteiger partial charge < -0.3 is 10.1 Å². The molecule has 1 saturated heterocycles. The molecule has 1 aromatic rings. The highest BCUT2D eigenvalue weighted by Gasteiger charge is 2.59. The van der Waals surface area contributed by atoms with Crippen molar-refractivity contribution in [2.75, 3.05) is 25.5 Å². The Hall–Kier alpha value is -1.64. The molecule has 3 rings (SSSR count). The molecule has 2 aliphatic rings. The maximum atomic E-state index is 12.5. The summed E-state index contributed by atoms with van der Waals surface area (Å²) in [6.45, 7) is 0.772. The molecule has 1 aliphatic heterocycles. The Kier molecular flexibility index (Phi) is 4.07. The lowest BCUT2D eigenvalue weighted by molar-refractivity contribution is -0.118. The molecule has 8 heteroatoms. The van der Waals surface area contributed by atoms with Crippen LogP contribution in [-0.4, -0.2) is 38.8 Å². The van der Waals surface area contributed by atoms with E-state index in [4.69, 9.17) is 9.88 Å². The highest BCUT2D eigenvalue weighted by molar-refractivity contribution is 7.86. The first-order valence-electron chi connectivity index (χ1n) is 7.57. The Labute approximate surface area is 136 Å². The molecule has 1 atom stereocenters. The van der Waals surface area contributed by atoms with Crippen LogP contribution in [0.3, 0.4) is 0 Å². The predicted molar refractivity (Wildman–Crippen MR) is 86.1 cm³/mol. The number of nitrogens with one attached hydrogen (secondary N) is 1. The van der Waals surface area contributed by atoms with Gasteiger partial charge in [0.1, 0.15) is 5.75 Å². The summed E-state index contributed by atoms with van der Waals surface area (Å²) in [7, 11) is -2.07. The Morgan fingerprint density at radius 2 is 2.00 bits per heavy atom. The van der Waals surface area contributed by atoms with Gasteiger partial charge in [-0.15, -0.1) is 0 Å². The standard InChI is InChI=1S/C15H21N3O4S/c1-22-13-5-3-2-4-12(13)17-14(19)11-10-15(11)6-8-18(9-7-15)23(16,20)21/h2-5,11H,6-10H2,1H3,(H,17,19)(H2,16,20,21)/t11-/m0/s1. The lowest BCUT2D eigenvalue weighted by atomic mass is 9.91. The number of para-hydroxylation sites is 2. The van der Waals surface area contributed by atoms with Gasteiger partial charge in [0.25, 0.3) is 10.2 Å². The van der Waals surface area contributed by atoms with Gasteiger partial charge >= 0.3 is 0 Å². The van der Waals surface area contributed by atoms with Crippen molar-refractivity contribution in [1.82, 2.24) is 4.31 Å². The highest BCUT2D eigenvalue weighted by atomic mass is 32.2. The van der Waals surface area contributed by atoms with Crippen LogP contribution >= 0.6 is 0 Å². The van der Waals surface area contributed by atoms with Gasteiger partial charge in [0.05, 0.1) is 12.8 Å². The second kappa shape index (κ2) is 5.77. The van der Waals surface area contributed by atoms with E-state index in [9.17, 15) is 13.2 Å². The van der Waals surface area contributed by atoms with Crippen LogP contribution in [0.5, 0.6) is 5.75 Å². The third-order valence-electron chi connectivity index (χ3n) is 4.95. The Morgan fingerprint density at radius 1 is 1.35 bits per heavy atom. The number of rotatable bonds is 4. The molecular weight excluding hydrogens is 318 g/mol. The fourth-order valence-electron chi connectivity index (χ4n) is 3.42. The van der Waals surface area contributed by atoms with Crippen molar-refractivity contribution in [1.29, 1.82) is 0 Å². The van der Waals surface area contributed by atoms with Crippen molar-refractivity contribution in [3.8, 4) is 5.75 Å². The third-order valence-corrected chi connectivity index (χ3v) is 6.03. The Balaban J connectivity index is 1.61. The summed E-state index contributed by atoms with van der Waals surface area (Å²) in [6, 6.07) is 7.28. The number of amides is 1. The van der Waals surface area contributed by atoms with Crippen molar-refractivity contribution in [2.45, 2.75) is 19.3 Å². The number of carbonyl (C=O) groups excluding carboxylic acids is 1. The molecule has 1 heterocycles. The van der Waals surface area contributed by atoms with E-state index >= 15 is 0 Å². The van der Waals surface area contributed by atoms with Crippen molar-refractivity contribution >= 4 is 21.8 Å². The molecule has 1 amide bonds. The van der Waals surface area contributed by atoms with Crippen molar-refractivity contribution in [3.63, 3.8) is 0 Å². The number of ether oxygens (including phenoxy) is 1. The minimum Gasteiger partial charge on any atom is -0.495 e. The van der Waals surface area contributed by atoms with Crippen LogP contribution in [-0.2, 0) is 15.0 Å². The average molecular weight is 339 g/mol. The van der Waals surface area contributed by atoms with Crippen LogP contribution in [0.25, 0.3) is 0 Å². The molecule has 0 bridgehead atoms. The van der Waals surface area contributed by atoms with E-state index in [1.165, 1.54) is 4.31 Å². The lowest BCUT2D eigenvalue weighted by Gasteiger charge is -2.30. The van der Waals surface area contributed by atoms with Gasteiger partial charge in [-0.25, -0.2) is 5.14 Å². The van der Waals surface area contributed by atoms with E-state index in [-0.39, 0.29) is 17.2 Å². The maximum Gasteiger partial charge on any atom is 0.276 e. The van der Waals surface area contributed by atoms with Gasteiger partial charge in [0, 0.05) is 19.0 Å². The molecule has 1 aliphatic carbocycles. The van der Waals surface area contributed by atoms with E-state index in [2.05, 4.69) is 5.32 Å². The summed E-state index contributed by atoms with van der Waals surface area (Å²) >= 11 is 0. The molecule has 2 fully saturated rings. The average Bonchev–Trinajstić information content (AvgIpc) is 3.21. The number of anilines is 1. The zero-order chi connectivity index (χ0) is 16.7. The number of nitrogens with two attached hydrogens (primary N) is 1. The fraction of sp³-hybridized carbons (Fsp3) is 0.533. The molecule has 1 spiro atoms. The van der Waals surface area contributed by atoms with Gasteiger partial charge in [-0.1, -0.05) is 12.1 Å². The van der Waals surface area contributed by atoms with E-state index in [1.807, 2.05) is 12.1 Å². The number of carbonyl (C=O) groups is 1. The van der Waals surface area contributed by atoms with Gasteiger partial charge in [-0.3, -0.25) is 4.79 Å². The molecule has 1 aromatic carbocycles. The molecule has 3 N–H and O–H groups in total. The van der Waals surface area contributed by atoms with E-state index in [1.54, 1.807) is 19.2 Å². The summed E-state index contributed by atoms with van der Waals surface area (Å²) in [5.74, 6) is 0.521. The summed E-state index contributed by atoms with van der Waals surface area (Å²) < 4.78 is 29.2. The SMILES string of the molecule is COc1ccccc1NC(=O)[C@@H]1CC12CCN(S(N)(=O)=O)CC2. The Bertz CT molecular complexity index is 711. The van der Waals surface area contributed by atoms with E-state index < -0.39 is 10.2 Å². The maximum absolute atomic E-state index is 12.5. The first-order chi connectivity index (χ1) is 10.9. The monoisotopic (exact) mass is 339 g/mol. The molecule has 0 aromatic heterocycles. The summed E-state index contributed by atoms with van der Waals surface area (Å²) in [4.78, 5) is 12.5. The smallest absolute Gasteiger partial charge is 0.276 e. The second-order valence-corrected chi connectivity index (χ2v) is 7.80. The number of piperidine rings is 1. The van der Waals surface area contributed by atoms with Gasteiger partial charge in [-0.2, -0.15) is 12.7 Å². The van der Waals surface area contributed by atoms with Crippen LogP contribution in [0.1, 0.15) is 19.3 Å². The number of hydrogen-bond acceptors (Lipinski definition) is 4. The van der Waals surface area contributed by atoms with Crippen molar-refractivity contribution in [2.24, 2.45) is 16.5 Å². The minimum absolute atomic E-state index is 0.0291. The normalized spacial score (nSPS) is 23.5. The first-order valence-corrected chi connectivity index (χ1v) is 9.08. The van der Waals surface area contributed by atoms with Crippen LogP contribution < -0.4 is 15.2 Å². The zero-order valence-electron chi connectivity index (χ0n) is 13.0. The Morgan fingerprint density at radius 3 is 2.61 bits per heavy atom. The first kappa shape index (κ1) is 16.2. The molecule has 0 unspecified atom stereocenters. The summed E-state index contributed by atoms with van der Waals surface area (Å²) in [5.41, 5.74) is 0.580. The van der Waals surface area contributed by atoms with Crippen molar-refractivity contribution in [3.05, 3.63) is 24.3 Å². The molecule has 126 valence electrons. The third kappa shape index (κ3) is 3.19. The summed E-state index contributed by atoms with van der Waals surface area (Å²) in [6.07, 6.45) is 2.15. The summed E-state index contributed by atoms with van der Waals surface area (Å²) in [5, 5.41) is 8.07. The fourth-order valence-corrected chi connectivity index (χ4v) is 4.12. The predicted octanol–water partition coefficient (Wildman–Crippen LogP) is 0.939. The van der Waals surface area contributed by atoms with Gasteiger partial charge in [0.2, 0.25) is 5.91 Å². The number of benzene rings is 1. The minimum atomic E-state index is -3.63. The van der Waals surface area contributed by atoms with Crippen LogP contribution in [0.4, 0.5) is 5.69 Å². The van der Waals surface area contributed by atoms with Crippen LogP contribution in [0.15, 0.2) is 24.3 Å². The van der Waals surface area contributed by atoms with Crippen molar-refractivity contribution < 1.29 is 17.9 Å². The number of hydrogen-bond donors (Lipinski definition) is 2. The number of methoxy groups -OCH3 is 1. The van der Waals surface area contributed by atoms with Crippen LogP contribution in [0, 0.1) is 11.3 Å². The topological polar surface area (TPSA) is 102 Å². The molecular formula is C15H21N3O4S. The lowest BCUT2D eigenvalue weighted by Crippen LogP contribution is -2.43. The van der Waals surface area contributed by atoms with E-state index in [0.29, 0.717) is 37.4 Å². The van der Waals surface area contributed by atoms with Crippen LogP contribution in [0.2, 0.25) is 0 Å². The van der Waals surface area contributed by atoms with E-state index in [0.717, 1.165) is 6.42 Å². The molecule has 1 saturated carbocycles. The second-order valence-electron chi connectivity index (χ2n) is 6.25. The largest absolute Gasteiger partial charge is 0.495 e. The number of nitrogens with zero attached hydrogens (tertiary/aromatic N) is 1. The van der Waals surface area contributed by atoms with Gasteiger partial charge in [-0.05, 0) is 36.8 Å². The molecule has 23 heavy (non-hydrogen) atoms. The zero-order valence-corrected chi connectivity index (χ0v) is 13.8. The quantitative estimate of drug-likeness (QED) is 0.852. The highest BCUT2D eigenvalue weighted by Crippen LogP contribution is 2.59.